The Balaban J connectivity index is 1.42. The summed E-state index contributed by atoms with van der Waals surface area (Å²) in [5, 5.41) is 9.00. The van der Waals surface area contributed by atoms with Gasteiger partial charge in [0, 0.05) is 31.9 Å². The molecule has 4 rings (SSSR count). The molecule has 0 saturated carbocycles. The number of benzene rings is 4. The van der Waals surface area contributed by atoms with Gasteiger partial charge in [-0.2, -0.15) is 0 Å². The van der Waals surface area contributed by atoms with E-state index in [1.807, 2.05) is 6.07 Å². The van der Waals surface area contributed by atoms with Crippen molar-refractivity contribution in [1.82, 2.24) is 5.32 Å². The molecule has 0 spiro atoms. The average molecular weight is 649 g/mol. The van der Waals surface area contributed by atoms with Crippen LogP contribution < -0.4 is 16.0 Å². The second-order valence-electron chi connectivity index (χ2n) is 9.16. The Morgan fingerprint density at radius 2 is 1.55 bits per heavy atom. The van der Waals surface area contributed by atoms with Gasteiger partial charge in [-0.25, -0.2) is 4.79 Å². The topological polar surface area (TPSA) is 114 Å². The van der Waals surface area contributed by atoms with Gasteiger partial charge in [-0.05, 0) is 85.3 Å². The Bertz CT molecular complexity index is 1700. The van der Waals surface area contributed by atoms with Crippen LogP contribution in [0.4, 0.5) is 11.4 Å². The number of nitrogens with one attached hydrogen (secondary N) is 3. The molecule has 0 aliphatic heterocycles. The van der Waals surface area contributed by atoms with Gasteiger partial charge in [-0.1, -0.05) is 53.5 Å². The predicted molar refractivity (Wildman–Crippen MR) is 175 cm³/mol. The summed E-state index contributed by atoms with van der Waals surface area (Å²) < 4.78 is 4.97. The molecule has 0 atom stereocenters. The minimum absolute atomic E-state index is 0.0329. The van der Waals surface area contributed by atoms with Crippen LogP contribution in [0.1, 0.15) is 33.2 Å². The van der Waals surface area contributed by atoms with Crippen LogP contribution in [0.5, 0.6) is 0 Å². The summed E-state index contributed by atoms with van der Waals surface area (Å²) in [6.07, 6.45) is 1.47. The molecule has 224 valence electrons. The van der Waals surface area contributed by atoms with E-state index in [1.54, 1.807) is 97.9 Å². The van der Waals surface area contributed by atoms with E-state index in [4.69, 9.17) is 27.9 Å². The zero-order valence-corrected chi connectivity index (χ0v) is 25.8. The minimum Gasteiger partial charge on any atom is -0.462 e. The molecule has 3 amide bonds. The molecule has 0 heterocycles. The monoisotopic (exact) mass is 647 g/mol. The first-order valence-corrected chi connectivity index (χ1v) is 15.1. The number of carbonyl (C=O) groups excluding carboxylic acids is 4. The Morgan fingerprint density at radius 3 is 2.25 bits per heavy atom. The number of hydrogen-bond donors (Lipinski definition) is 3. The molecule has 0 aliphatic rings. The molecule has 4 aromatic rings. The Morgan fingerprint density at radius 1 is 0.795 bits per heavy atom. The summed E-state index contributed by atoms with van der Waals surface area (Å²) in [5.41, 5.74) is 2.22. The number of rotatable bonds is 11. The number of anilines is 2. The van der Waals surface area contributed by atoms with E-state index in [0.717, 1.165) is 4.90 Å². The van der Waals surface area contributed by atoms with Crippen LogP contribution in [0.2, 0.25) is 10.0 Å². The van der Waals surface area contributed by atoms with Gasteiger partial charge in [0.2, 0.25) is 5.91 Å². The fourth-order valence-electron chi connectivity index (χ4n) is 3.83. The zero-order chi connectivity index (χ0) is 31.5. The second kappa shape index (κ2) is 15.8. The SMILES string of the molecule is CCOC(=O)c1ccc(NC(=O)CSc2cccc(NC(=O)/C(=C\c3ccc(Cl)cc3Cl)NC(=O)c3ccccc3)c2)cc1. The number of halogens is 2. The lowest BCUT2D eigenvalue weighted by Gasteiger charge is -2.13. The van der Waals surface area contributed by atoms with E-state index in [0.29, 0.717) is 38.1 Å². The number of thioether (sulfide) groups is 1. The number of carbonyl (C=O) groups is 4. The maximum atomic E-state index is 13.4. The third-order valence-corrected chi connectivity index (χ3v) is 7.49. The van der Waals surface area contributed by atoms with E-state index in [-0.39, 0.29) is 24.0 Å². The highest BCUT2D eigenvalue weighted by Crippen LogP contribution is 2.25. The number of esters is 1. The highest BCUT2D eigenvalue weighted by molar-refractivity contribution is 8.00. The van der Waals surface area contributed by atoms with Crippen molar-refractivity contribution in [2.75, 3.05) is 23.0 Å². The van der Waals surface area contributed by atoms with Crippen molar-refractivity contribution < 1.29 is 23.9 Å². The van der Waals surface area contributed by atoms with Crippen molar-refractivity contribution in [2.45, 2.75) is 11.8 Å². The zero-order valence-electron chi connectivity index (χ0n) is 23.4. The third kappa shape index (κ3) is 9.47. The largest absolute Gasteiger partial charge is 0.462 e. The standard InChI is InChI=1S/C33H27Cl2N3O5S/c1-2-43-33(42)22-12-15-25(16-13-22)36-30(39)20-44-27-10-6-9-26(19-27)37-32(41)29(17-23-11-14-24(34)18-28(23)35)38-31(40)21-7-4-3-5-8-21/h3-19H,2,20H2,1H3,(H,36,39)(H,37,41)(H,38,40)/b29-17+. The highest BCUT2D eigenvalue weighted by Gasteiger charge is 2.16. The summed E-state index contributed by atoms with van der Waals surface area (Å²) in [5.74, 6) is -1.62. The van der Waals surface area contributed by atoms with Crippen LogP contribution in [0.25, 0.3) is 6.08 Å². The number of ether oxygens (including phenoxy) is 1. The molecule has 0 aliphatic carbocycles. The molecule has 0 aromatic heterocycles. The summed E-state index contributed by atoms with van der Waals surface area (Å²) in [4.78, 5) is 51.4. The molecule has 0 saturated heterocycles. The molecule has 8 nitrogen and oxygen atoms in total. The van der Waals surface area contributed by atoms with Gasteiger partial charge in [-0.15, -0.1) is 11.8 Å². The van der Waals surface area contributed by atoms with Crippen molar-refractivity contribution in [3.05, 3.63) is 129 Å². The Hall–Kier alpha value is -4.57. The van der Waals surface area contributed by atoms with Crippen molar-refractivity contribution in [2.24, 2.45) is 0 Å². The summed E-state index contributed by atoms with van der Waals surface area (Å²) >= 11 is 13.6. The van der Waals surface area contributed by atoms with Crippen molar-refractivity contribution in [3.8, 4) is 0 Å². The van der Waals surface area contributed by atoms with E-state index in [2.05, 4.69) is 16.0 Å². The minimum atomic E-state index is -0.577. The first kappa shape index (κ1) is 32.3. The number of hydrogen-bond acceptors (Lipinski definition) is 6. The molecule has 0 radical (unpaired) electrons. The Labute approximate surface area is 268 Å². The molecule has 0 fully saturated rings. The molecule has 3 N–H and O–H groups in total. The first-order chi connectivity index (χ1) is 21.2. The lowest BCUT2D eigenvalue weighted by Crippen LogP contribution is -2.30. The predicted octanol–water partition coefficient (Wildman–Crippen LogP) is 7.31. The van der Waals surface area contributed by atoms with Gasteiger partial charge in [0.1, 0.15) is 5.70 Å². The maximum Gasteiger partial charge on any atom is 0.338 e. The fourth-order valence-corrected chi connectivity index (χ4v) is 5.05. The molecule has 11 heteroatoms. The highest BCUT2D eigenvalue weighted by atomic mass is 35.5. The summed E-state index contributed by atoms with van der Waals surface area (Å²) in [7, 11) is 0. The van der Waals surface area contributed by atoms with Gasteiger partial charge in [0.25, 0.3) is 11.8 Å². The van der Waals surface area contributed by atoms with Crippen LogP contribution in [-0.4, -0.2) is 36.1 Å². The van der Waals surface area contributed by atoms with Gasteiger partial charge in [0.15, 0.2) is 0 Å². The van der Waals surface area contributed by atoms with E-state index < -0.39 is 17.8 Å². The lowest BCUT2D eigenvalue weighted by molar-refractivity contribution is -0.114. The number of amides is 3. The smallest absolute Gasteiger partial charge is 0.338 e. The van der Waals surface area contributed by atoms with Crippen molar-refractivity contribution in [1.29, 1.82) is 0 Å². The van der Waals surface area contributed by atoms with E-state index >= 15 is 0 Å². The van der Waals surface area contributed by atoms with Crippen molar-refractivity contribution in [3.63, 3.8) is 0 Å². The molecule has 0 unspecified atom stereocenters. The molecule has 44 heavy (non-hydrogen) atoms. The summed E-state index contributed by atoms with van der Waals surface area (Å²) in [6, 6.07) is 26.7. The second-order valence-corrected chi connectivity index (χ2v) is 11.1. The fraction of sp³-hybridized carbons (Fsp3) is 0.0909. The molecule has 4 aromatic carbocycles. The first-order valence-electron chi connectivity index (χ1n) is 13.4. The van der Waals surface area contributed by atoms with Crippen LogP contribution in [0.15, 0.2) is 108 Å². The summed E-state index contributed by atoms with van der Waals surface area (Å²) in [6.45, 7) is 2.01. The average Bonchev–Trinajstić information content (AvgIpc) is 3.02. The molecular formula is C33H27Cl2N3O5S. The van der Waals surface area contributed by atoms with Gasteiger partial charge in [0.05, 0.1) is 17.9 Å². The maximum absolute atomic E-state index is 13.4. The van der Waals surface area contributed by atoms with Crippen LogP contribution in [-0.2, 0) is 14.3 Å². The van der Waals surface area contributed by atoms with Gasteiger partial charge in [-0.3, -0.25) is 14.4 Å². The lowest BCUT2D eigenvalue weighted by atomic mass is 10.1. The van der Waals surface area contributed by atoms with Crippen molar-refractivity contribution >= 4 is 76.1 Å². The molecule has 0 bridgehead atoms. The Kier molecular flexibility index (Phi) is 11.6. The van der Waals surface area contributed by atoms with Crippen LogP contribution in [0.3, 0.4) is 0 Å². The van der Waals surface area contributed by atoms with Crippen LogP contribution >= 0.6 is 35.0 Å². The third-order valence-electron chi connectivity index (χ3n) is 5.93. The van der Waals surface area contributed by atoms with E-state index in [9.17, 15) is 19.2 Å². The van der Waals surface area contributed by atoms with E-state index in [1.165, 1.54) is 17.8 Å². The molecular weight excluding hydrogens is 621 g/mol. The normalized spacial score (nSPS) is 10.9. The quantitative estimate of drug-likeness (QED) is 0.0893. The van der Waals surface area contributed by atoms with Crippen LogP contribution in [0, 0.1) is 0 Å². The van der Waals surface area contributed by atoms with Gasteiger partial charge >= 0.3 is 5.97 Å². The van der Waals surface area contributed by atoms with Gasteiger partial charge < -0.3 is 20.7 Å².